The summed E-state index contributed by atoms with van der Waals surface area (Å²) in [6, 6.07) is 8.82. The first-order valence-corrected chi connectivity index (χ1v) is 6.80. The van der Waals surface area contributed by atoms with Gasteiger partial charge >= 0.3 is 0 Å². The number of aliphatic hydroxyl groups excluding tert-OH is 2. The lowest BCUT2D eigenvalue weighted by molar-refractivity contribution is 0.103. The molecule has 0 saturated heterocycles. The number of nitrogens with zero attached hydrogens (tertiary/aromatic N) is 1. The maximum atomic E-state index is 9.80. The van der Waals surface area contributed by atoms with Crippen molar-refractivity contribution in [3.63, 3.8) is 0 Å². The van der Waals surface area contributed by atoms with Gasteiger partial charge in [0, 0.05) is 25.1 Å². The van der Waals surface area contributed by atoms with Crippen molar-refractivity contribution in [1.82, 2.24) is 5.32 Å². The fourth-order valence-corrected chi connectivity index (χ4v) is 1.95. The lowest BCUT2D eigenvalue weighted by Gasteiger charge is -2.16. The summed E-state index contributed by atoms with van der Waals surface area (Å²) in [4.78, 5) is 0. The molecule has 2 rings (SSSR count). The Balaban J connectivity index is 1.64. The molecule has 5 nitrogen and oxygen atoms in total. The second-order valence-electron chi connectivity index (χ2n) is 5.39. The van der Waals surface area contributed by atoms with E-state index in [1.807, 2.05) is 6.07 Å². The average molecular weight is 276 g/mol. The lowest BCUT2D eigenvalue weighted by atomic mass is 10.1. The van der Waals surface area contributed by atoms with Gasteiger partial charge in [-0.25, -0.2) is 0 Å². The molecular weight excluding hydrogens is 256 g/mol. The molecule has 0 radical (unpaired) electrons. The van der Waals surface area contributed by atoms with Gasteiger partial charge < -0.3 is 20.3 Å². The van der Waals surface area contributed by atoms with Crippen LogP contribution in [0.15, 0.2) is 24.3 Å². The number of aliphatic hydroxyl groups is 2. The van der Waals surface area contributed by atoms with Crippen LogP contribution in [0.5, 0.6) is 5.75 Å². The zero-order valence-corrected chi connectivity index (χ0v) is 11.4. The van der Waals surface area contributed by atoms with Crippen LogP contribution >= 0.6 is 0 Å². The molecule has 108 valence electrons. The number of rotatable bonds is 8. The van der Waals surface area contributed by atoms with E-state index >= 15 is 0 Å². The van der Waals surface area contributed by atoms with Crippen LogP contribution in [0, 0.1) is 16.7 Å². The van der Waals surface area contributed by atoms with Crippen molar-refractivity contribution in [3.05, 3.63) is 29.8 Å². The Kier molecular flexibility index (Phi) is 4.96. The molecule has 20 heavy (non-hydrogen) atoms. The van der Waals surface area contributed by atoms with Crippen molar-refractivity contribution in [2.75, 3.05) is 26.3 Å². The molecule has 0 heterocycles. The topological polar surface area (TPSA) is 85.5 Å². The van der Waals surface area contributed by atoms with Crippen LogP contribution in [0.2, 0.25) is 0 Å². The zero-order chi connectivity index (χ0) is 14.4. The van der Waals surface area contributed by atoms with E-state index < -0.39 is 6.10 Å². The smallest absolute Gasteiger partial charge is 0.119 e. The molecule has 0 bridgehead atoms. The molecule has 3 N–H and O–H groups in total. The third-order valence-electron chi connectivity index (χ3n) is 3.60. The van der Waals surface area contributed by atoms with E-state index in [9.17, 15) is 5.11 Å². The number of benzene rings is 1. The van der Waals surface area contributed by atoms with Gasteiger partial charge in [-0.1, -0.05) is 0 Å². The fourth-order valence-electron chi connectivity index (χ4n) is 1.95. The van der Waals surface area contributed by atoms with Crippen LogP contribution in [-0.4, -0.2) is 42.6 Å². The Morgan fingerprint density at radius 2 is 2.05 bits per heavy atom. The second-order valence-corrected chi connectivity index (χ2v) is 5.39. The molecule has 0 spiro atoms. The van der Waals surface area contributed by atoms with E-state index in [1.54, 1.807) is 24.3 Å². The van der Waals surface area contributed by atoms with E-state index in [-0.39, 0.29) is 18.6 Å². The van der Waals surface area contributed by atoms with Crippen molar-refractivity contribution in [2.24, 2.45) is 5.41 Å². The predicted molar refractivity (Wildman–Crippen MR) is 74.3 cm³/mol. The molecule has 1 aliphatic rings. The normalized spacial score (nSPS) is 17.2. The zero-order valence-electron chi connectivity index (χ0n) is 11.4. The number of nitriles is 1. The summed E-state index contributed by atoms with van der Waals surface area (Å²) in [7, 11) is 0. The van der Waals surface area contributed by atoms with Crippen LogP contribution in [0.1, 0.15) is 18.4 Å². The second kappa shape index (κ2) is 6.71. The Morgan fingerprint density at radius 1 is 1.35 bits per heavy atom. The molecule has 1 aromatic rings. The molecule has 0 aliphatic heterocycles. The van der Waals surface area contributed by atoms with E-state index in [0.717, 1.165) is 19.4 Å². The van der Waals surface area contributed by atoms with E-state index in [2.05, 4.69) is 5.32 Å². The molecule has 1 atom stereocenters. The quantitative estimate of drug-likeness (QED) is 0.649. The summed E-state index contributed by atoms with van der Waals surface area (Å²) >= 11 is 0. The summed E-state index contributed by atoms with van der Waals surface area (Å²) in [5, 5.41) is 30.8. The first-order valence-electron chi connectivity index (χ1n) is 6.80. The third-order valence-corrected chi connectivity index (χ3v) is 3.60. The van der Waals surface area contributed by atoms with Gasteiger partial charge in [0.1, 0.15) is 18.5 Å². The standard InChI is InChI=1S/C15H20N2O3/c16-7-12-1-3-14(4-2-12)20-9-13(19)8-17-10-15(11-18)5-6-15/h1-4,13,17-19H,5-6,8-11H2. The van der Waals surface area contributed by atoms with E-state index in [0.29, 0.717) is 17.9 Å². The molecule has 0 amide bonds. The van der Waals surface area contributed by atoms with Crippen LogP contribution in [0.25, 0.3) is 0 Å². The summed E-state index contributed by atoms with van der Waals surface area (Å²) in [6.45, 7) is 1.58. The third kappa shape index (κ3) is 4.20. The number of nitrogens with one attached hydrogen (secondary N) is 1. The average Bonchev–Trinajstić information content (AvgIpc) is 3.26. The van der Waals surface area contributed by atoms with Crippen molar-refractivity contribution < 1.29 is 14.9 Å². The SMILES string of the molecule is N#Cc1ccc(OCC(O)CNCC2(CO)CC2)cc1. The largest absolute Gasteiger partial charge is 0.491 e. The molecule has 1 aromatic carbocycles. The van der Waals surface area contributed by atoms with Crippen LogP contribution in [-0.2, 0) is 0 Å². The lowest BCUT2D eigenvalue weighted by Crippen LogP contribution is -2.35. The van der Waals surface area contributed by atoms with Crippen LogP contribution in [0.4, 0.5) is 0 Å². The van der Waals surface area contributed by atoms with Gasteiger partial charge in [-0.15, -0.1) is 0 Å². The van der Waals surface area contributed by atoms with E-state index in [4.69, 9.17) is 15.1 Å². The maximum Gasteiger partial charge on any atom is 0.119 e. The highest BCUT2D eigenvalue weighted by Crippen LogP contribution is 2.44. The van der Waals surface area contributed by atoms with Crippen molar-refractivity contribution in [1.29, 1.82) is 5.26 Å². The molecular formula is C15H20N2O3. The predicted octanol–water partition coefficient (Wildman–Crippen LogP) is 0.660. The van der Waals surface area contributed by atoms with Crippen molar-refractivity contribution >= 4 is 0 Å². The molecule has 1 aliphatic carbocycles. The van der Waals surface area contributed by atoms with Gasteiger partial charge in [0.05, 0.1) is 11.6 Å². The summed E-state index contributed by atoms with van der Waals surface area (Å²) in [6.07, 6.45) is 1.50. The number of hydrogen-bond acceptors (Lipinski definition) is 5. The maximum absolute atomic E-state index is 9.80. The fraction of sp³-hybridized carbons (Fsp3) is 0.533. The molecule has 1 fully saturated rings. The van der Waals surface area contributed by atoms with Gasteiger partial charge in [-0.2, -0.15) is 5.26 Å². The minimum absolute atomic E-state index is 0.0493. The summed E-state index contributed by atoms with van der Waals surface area (Å²) < 4.78 is 5.44. The minimum Gasteiger partial charge on any atom is -0.491 e. The monoisotopic (exact) mass is 276 g/mol. The Hall–Kier alpha value is -1.61. The molecule has 5 heteroatoms. The van der Waals surface area contributed by atoms with Gasteiger partial charge in [-0.3, -0.25) is 0 Å². The molecule has 1 saturated carbocycles. The van der Waals surface area contributed by atoms with Gasteiger partial charge in [-0.05, 0) is 37.1 Å². The van der Waals surface area contributed by atoms with Crippen molar-refractivity contribution in [2.45, 2.75) is 18.9 Å². The Labute approximate surface area is 118 Å². The van der Waals surface area contributed by atoms with Gasteiger partial charge in [0.25, 0.3) is 0 Å². The highest BCUT2D eigenvalue weighted by molar-refractivity contribution is 5.34. The first kappa shape index (κ1) is 14.8. The minimum atomic E-state index is -0.597. The van der Waals surface area contributed by atoms with Crippen LogP contribution < -0.4 is 10.1 Å². The van der Waals surface area contributed by atoms with Crippen molar-refractivity contribution in [3.8, 4) is 11.8 Å². The summed E-state index contributed by atoms with van der Waals surface area (Å²) in [5.41, 5.74) is 0.631. The van der Waals surface area contributed by atoms with Gasteiger partial charge in [0.15, 0.2) is 0 Å². The number of hydrogen-bond donors (Lipinski definition) is 3. The van der Waals surface area contributed by atoms with E-state index in [1.165, 1.54) is 0 Å². The van der Waals surface area contributed by atoms with Gasteiger partial charge in [0.2, 0.25) is 0 Å². The first-order chi connectivity index (χ1) is 9.67. The highest BCUT2D eigenvalue weighted by Gasteiger charge is 2.41. The van der Waals surface area contributed by atoms with Crippen LogP contribution in [0.3, 0.4) is 0 Å². The summed E-state index contributed by atoms with van der Waals surface area (Å²) in [5.74, 6) is 0.636. The molecule has 0 aromatic heterocycles. The Morgan fingerprint density at radius 3 is 2.60 bits per heavy atom. The number of ether oxygens (including phenoxy) is 1. The highest BCUT2D eigenvalue weighted by atomic mass is 16.5. The molecule has 1 unspecified atom stereocenters. The Bertz CT molecular complexity index is 463.